The molecule has 152 valence electrons. The van der Waals surface area contributed by atoms with Crippen molar-refractivity contribution >= 4 is 51.9 Å². The lowest BCUT2D eigenvalue weighted by Crippen LogP contribution is -2.22. The highest BCUT2D eigenvalue weighted by Gasteiger charge is 2.29. The molecule has 2 aromatic carbocycles. The van der Waals surface area contributed by atoms with Gasteiger partial charge in [-0.15, -0.1) is 0 Å². The summed E-state index contributed by atoms with van der Waals surface area (Å²) in [6.45, 7) is 0.935. The van der Waals surface area contributed by atoms with Gasteiger partial charge in [-0.3, -0.25) is 9.69 Å². The van der Waals surface area contributed by atoms with Gasteiger partial charge in [0.15, 0.2) is 11.5 Å². The summed E-state index contributed by atoms with van der Waals surface area (Å²) in [7, 11) is 3.27. The Morgan fingerprint density at radius 3 is 2.45 bits per heavy atom. The van der Waals surface area contributed by atoms with Gasteiger partial charge in [0.05, 0.1) is 25.2 Å². The Bertz CT molecular complexity index is 948. The fourth-order valence-electron chi connectivity index (χ4n) is 2.61. The highest BCUT2D eigenvalue weighted by Crippen LogP contribution is 2.34. The summed E-state index contributed by atoms with van der Waals surface area (Å²) >= 11 is 12.6. The highest BCUT2D eigenvalue weighted by atomic mass is 35.5. The van der Waals surface area contributed by atoms with Crippen molar-refractivity contribution in [3.8, 4) is 17.2 Å². The van der Waals surface area contributed by atoms with Crippen LogP contribution in [-0.2, 0) is 4.79 Å². The molecule has 0 radical (unpaired) electrons. The predicted molar refractivity (Wildman–Crippen MR) is 121 cm³/mol. The maximum Gasteiger partial charge on any atom is 0.265 e. The summed E-state index contributed by atoms with van der Waals surface area (Å²) in [5, 5.41) is 0.565. The molecule has 0 spiro atoms. The molecule has 1 fully saturated rings. The predicted octanol–water partition coefficient (Wildman–Crippen LogP) is 5.03. The van der Waals surface area contributed by atoms with E-state index in [2.05, 4.69) is 0 Å². The van der Waals surface area contributed by atoms with Crippen LogP contribution >= 0.6 is 35.6 Å². The summed E-state index contributed by atoms with van der Waals surface area (Å²) in [6, 6.07) is 12.8. The number of benzene rings is 2. The number of ether oxygens (including phenoxy) is 3. The third-order valence-corrected chi connectivity index (χ3v) is 5.84. The van der Waals surface area contributed by atoms with Crippen molar-refractivity contribution < 1.29 is 19.0 Å². The molecular formula is C21H20ClNO4S2. The van der Waals surface area contributed by atoms with Gasteiger partial charge in [0.25, 0.3) is 5.91 Å². The minimum atomic E-state index is -0.129. The van der Waals surface area contributed by atoms with E-state index in [1.807, 2.05) is 24.3 Å². The number of likely N-dealkylation sites (N-methyl/N-ethyl adjacent to an activating group) is 1. The Morgan fingerprint density at radius 2 is 1.79 bits per heavy atom. The van der Waals surface area contributed by atoms with E-state index < -0.39 is 0 Å². The number of halogens is 1. The van der Waals surface area contributed by atoms with Crippen molar-refractivity contribution in [2.75, 3.05) is 27.4 Å². The second-order valence-corrected chi connectivity index (χ2v) is 8.24. The summed E-state index contributed by atoms with van der Waals surface area (Å²) < 4.78 is 17.5. The zero-order valence-electron chi connectivity index (χ0n) is 16.0. The SMILES string of the molecule is COc1ccccc1OCCCOc1ccc(Cl)cc1C=C1SC(=S)N(C)C1=O. The van der Waals surface area contributed by atoms with Crippen molar-refractivity contribution in [1.29, 1.82) is 0 Å². The number of thiocarbonyl (C=S) groups is 1. The largest absolute Gasteiger partial charge is 0.493 e. The Morgan fingerprint density at radius 1 is 1.10 bits per heavy atom. The molecule has 0 atom stereocenters. The summed E-state index contributed by atoms with van der Waals surface area (Å²) in [5.74, 6) is 1.91. The summed E-state index contributed by atoms with van der Waals surface area (Å²) in [6.07, 6.45) is 2.44. The molecule has 0 aliphatic carbocycles. The van der Waals surface area contributed by atoms with E-state index in [0.29, 0.717) is 51.1 Å². The molecule has 1 saturated heterocycles. The third kappa shape index (κ3) is 5.44. The highest BCUT2D eigenvalue weighted by molar-refractivity contribution is 8.26. The summed E-state index contributed by atoms with van der Waals surface area (Å²) in [4.78, 5) is 14.2. The first-order valence-corrected chi connectivity index (χ1v) is 10.5. The number of methoxy groups -OCH3 is 1. The van der Waals surface area contributed by atoms with Crippen molar-refractivity contribution in [3.63, 3.8) is 0 Å². The summed E-state index contributed by atoms with van der Waals surface area (Å²) in [5.41, 5.74) is 0.733. The van der Waals surface area contributed by atoms with Crippen LogP contribution in [-0.4, -0.2) is 42.5 Å². The van der Waals surface area contributed by atoms with Crippen LogP contribution in [0.2, 0.25) is 5.02 Å². The number of amides is 1. The Kier molecular flexibility index (Phi) is 7.41. The van der Waals surface area contributed by atoms with Gasteiger partial charge in [0.1, 0.15) is 10.1 Å². The van der Waals surface area contributed by atoms with E-state index in [4.69, 9.17) is 38.0 Å². The zero-order valence-corrected chi connectivity index (χ0v) is 18.4. The molecule has 8 heteroatoms. The first-order chi connectivity index (χ1) is 14.0. The fourth-order valence-corrected chi connectivity index (χ4v) is 3.96. The maximum atomic E-state index is 12.3. The topological polar surface area (TPSA) is 48.0 Å². The van der Waals surface area contributed by atoms with Crippen LogP contribution in [0.5, 0.6) is 17.2 Å². The number of hydrogen-bond donors (Lipinski definition) is 0. The molecule has 0 N–H and O–H groups in total. The van der Waals surface area contributed by atoms with Crippen LogP contribution in [0.25, 0.3) is 6.08 Å². The third-order valence-electron chi connectivity index (χ3n) is 4.12. The molecule has 1 aliphatic rings. The second-order valence-electron chi connectivity index (χ2n) is 6.12. The van der Waals surface area contributed by atoms with Crippen LogP contribution in [0.15, 0.2) is 47.4 Å². The molecule has 5 nitrogen and oxygen atoms in total. The van der Waals surface area contributed by atoms with Crippen LogP contribution < -0.4 is 14.2 Å². The molecule has 2 aromatic rings. The number of thioether (sulfide) groups is 1. The van der Waals surface area contributed by atoms with E-state index in [9.17, 15) is 4.79 Å². The van der Waals surface area contributed by atoms with E-state index in [1.165, 1.54) is 16.7 Å². The molecule has 3 rings (SSSR count). The van der Waals surface area contributed by atoms with Gasteiger partial charge in [0, 0.05) is 24.1 Å². The second kappa shape index (κ2) is 10.0. The van der Waals surface area contributed by atoms with E-state index in [1.54, 1.807) is 38.4 Å². The molecule has 0 aromatic heterocycles. The van der Waals surface area contributed by atoms with Crippen LogP contribution in [0.3, 0.4) is 0 Å². The Hall–Kier alpha value is -2.22. The number of carbonyl (C=O) groups is 1. The Balaban J connectivity index is 1.60. The average molecular weight is 450 g/mol. The lowest BCUT2D eigenvalue weighted by atomic mass is 10.2. The lowest BCUT2D eigenvalue weighted by molar-refractivity contribution is -0.121. The van der Waals surface area contributed by atoms with Gasteiger partial charge >= 0.3 is 0 Å². The van der Waals surface area contributed by atoms with Crippen molar-refractivity contribution in [2.24, 2.45) is 0 Å². The zero-order chi connectivity index (χ0) is 20.8. The van der Waals surface area contributed by atoms with Gasteiger partial charge in [0.2, 0.25) is 0 Å². The van der Waals surface area contributed by atoms with Gasteiger partial charge in [-0.25, -0.2) is 0 Å². The number of nitrogens with zero attached hydrogens (tertiary/aromatic N) is 1. The monoisotopic (exact) mass is 449 g/mol. The van der Waals surface area contributed by atoms with Crippen LogP contribution in [0.1, 0.15) is 12.0 Å². The van der Waals surface area contributed by atoms with Crippen molar-refractivity contribution in [3.05, 3.63) is 58.0 Å². The van der Waals surface area contributed by atoms with Gasteiger partial charge in [-0.1, -0.05) is 47.7 Å². The maximum absolute atomic E-state index is 12.3. The van der Waals surface area contributed by atoms with Gasteiger partial charge in [-0.2, -0.15) is 0 Å². The van der Waals surface area contributed by atoms with Crippen LogP contribution in [0, 0.1) is 0 Å². The minimum Gasteiger partial charge on any atom is -0.493 e. The number of para-hydroxylation sites is 2. The molecule has 0 unspecified atom stereocenters. The fraction of sp³-hybridized carbons (Fsp3) is 0.238. The van der Waals surface area contributed by atoms with Crippen molar-refractivity contribution in [1.82, 2.24) is 4.90 Å². The van der Waals surface area contributed by atoms with E-state index >= 15 is 0 Å². The minimum absolute atomic E-state index is 0.129. The first-order valence-electron chi connectivity index (χ1n) is 8.89. The average Bonchev–Trinajstić information content (AvgIpc) is 2.96. The first kappa shape index (κ1) is 21.5. The van der Waals surface area contributed by atoms with Gasteiger partial charge < -0.3 is 14.2 Å². The Labute approximate surface area is 184 Å². The molecule has 0 bridgehead atoms. The molecule has 0 saturated carbocycles. The molecular weight excluding hydrogens is 430 g/mol. The number of carbonyl (C=O) groups excluding carboxylic acids is 1. The van der Waals surface area contributed by atoms with Crippen molar-refractivity contribution in [2.45, 2.75) is 6.42 Å². The number of hydrogen-bond acceptors (Lipinski definition) is 6. The van der Waals surface area contributed by atoms with Crippen LogP contribution in [0.4, 0.5) is 0 Å². The lowest BCUT2D eigenvalue weighted by Gasteiger charge is -2.12. The smallest absolute Gasteiger partial charge is 0.265 e. The standard InChI is InChI=1S/C21H20ClNO4S2/c1-23-20(24)19(29-21(23)28)13-14-12-15(22)8-9-16(14)26-10-5-11-27-18-7-4-3-6-17(18)25-2/h3-4,6-9,12-13H,5,10-11H2,1-2H3. The van der Waals surface area contributed by atoms with Gasteiger partial charge in [-0.05, 0) is 36.4 Å². The molecule has 1 heterocycles. The molecule has 29 heavy (non-hydrogen) atoms. The normalized spacial score (nSPS) is 15.1. The quantitative estimate of drug-likeness (QED) is 0.320. The molecule has 1 amide bonds. The van der Waals surface area contributed by atoms with E-state index in [0.717, 1.165) is 5.56 Å². The van der Waals surface area contributed by atoms with E-state index in [-0.39, 0.29) is 5.91 Å². The number of rotatable bonds is 8. The molecule has 1 aliphatic heterocycles.